The normalized spacial score (nSPS) is 11.3. The van der Waals surface area contributed by atoms with Crippen LogP contribution in [0.25, 0.3) is 0 Å². The number of aryl methyl sites for hydroxylation is 1. The third kappa shape index (κ3) is 5.38. The predicted octanol–water partition coefficient (Wildman–Crippen LogP) is 2.48. The van der Waals surface area contributed by atoms with Crippen molar-refractivity contribution in [3.05, 3.63) is 29.3 Å². The Kier molecular flexibility index (Phi) is 6.21. The number of hydrogen-bond acceptors (Lipinski definition) is 3. The Morgan fingerprint density at radius 3 is 2.57 bits per heavy atom. The van der Waals surface area contributed by atoms with Crippen molar-refractivity contribution in [3.63, 3.8) is 0 Å². The van der Waals surface area contributed by atoms with Crippen molar-refractivity contribution >= 4 is 5.91 Å². The van der Waals surface area contributed by atoms with E-state index in [0.717, 1.165) is 23.3 Å². The number of hydrogen-bond donors (Lipinski definition) is 1. The molecular formula is C17H28N2O2. The number of ether oxygens (including phenoxy) is 1. The molecule has 1 aromatic carbocycles. The van der Waals surface area contributed by atoms with Crippen molar-refractivity contribution in [2.75, 3.05) is 26.7 Å². The van der Waals surface area contributed by atoms with Crippen LogP contribution in [0.15, 0.2) is 18.2 Å². The Bertz CT molecular complexity index is 478. The first-order valence-corrected chi connectivity index (χ1v) is 7.43. The largest absolute Gasteiger partial charge is 0.483 e. The van der Waals surface area contributed by atoms with Crippen molar-refractivity contribution in [1.29, 1.82) is 0 Å². The van der Waals surface area contributed by atoms with Crippen LogP contribution in [0.4, 0.5) is 0 Å². The molecule has 4 heteroatoms. The van der Waals surface area contributed by atoms with Gasteiger partial charge in [-0.25, -0.2) is 0 Å². The molecule has 0 spiro atoms. The van der Waals surface area contributed by atoms with Gasteiger partial charge in [0.1, 0.15) is 5.75 Å². The first-order chi connectivity index (χ1) is 9.75. The van der Waals surface area contributed by atoms with E-state index in [4.69, 9.17) is 10.5 Å². The zero-order valence-electron chi connectivity index (χ0n) is 13.9. The highest BCUT2D eigenvalue weighted by atomic mass is 16.5. The Labute approximate surface area is 128 Å². The number of rotatable bonds is 6. The van der Waals surface area contributed by atoms with Gasteiger partial charge in [-0.1, -0.05) is 32.9 Å². The summed E-state index contributed by atoms with van der Waals surface area (Å²) in [6, 6.07) is 6.14. The number of carbonyl (C=O) groups is 1. The van der Waals surface area contributed by atoms with Crippen molar-refractivity contribution in [1.82, 2.24) is 4.90 Å². The highest BCUT2D eigenvalue weighted by Gasteiger charge is 2.20. The van der Waals surface area contributed by atoms with Crippen molar-refractivity contribution in [2.24, 2.45) is 5.73 Å². The van der Waals surface area contributed by atoms with Crippen LogP contribution in [0.2, 0.25) is 0 Å². The molecule has 1 amide bonds. The molecule has 0 bridgehead atoms. The SMILES string of the molecule is Cc1ccc(C(C)(C)C)c(OCC(=O)N(C)CCCN)c1. The number of nitrogens with two attached hydrogens (primary N) is 1. The van der Waals surface area contributed by atoms with Gasteiger partial charge < -0.3 is 15.4 Å². The summed E-state index contributed by atoms with van der Waals surface area (Å²) in [7, 11) is 1.78. The Balaban J connectivity index is 2.75. The lowest BCUT2D eigenvalue weighted by Crippen LogP contribution is -2.33. The molecule has 1 aromatic rings. The summed E-state index contributed by atoms with van der Waals surface area (Å²) in [5, 5.41) is 0. The van der Waals surface area contributed by atoms with Crippen LogP contribution in [0.1, 0.15) is 38.3 Å². The summed E-state index contributed by atoms with van der Waals surface area (Å²) in [6.07, 6.45) is 0.805. The van der Waals surface area contributed by atoms with Gasteiger partial charge in [-0.05, 0) is 42.5 Å². The quantitative estimate of drug-likeness (QED) is 0.876. The molecule has 0 radical (unpaired) electrons. The maximum Gasteiger partial charge on any atom is 0.260 e. The van der Waals surface area contributed by atoms with E-state index < -0.39 is 0 Å². The summed E-state index contributed by atoms with van der Waals surface area (Å²) < 4.78 is 5.78. The topological polar surface area (TPSA) is 55.6 Å². The van der Waals surface area contributed by atoms with E-state index in [1.54, 1.807) is 11.9 Å². The number of likely N-dealkylation sites (N-methyl/N-ethyl adjacent to an activating group) is 1. The molecule has 0 aliphatic carbocycles. The number of benzene rings is 1. The molecule has 0 saturated heterocycles. The van der Waals surface area contributed by atoms with E-state index in [2.05, 4.69) is 32.9 Å². The maximum atomic E-state index is 12.0. The fourth-order valence-electron chi connectivity index (χ4n) is 2.07. The van der Waals surface area contributed by atoms with Gasteiger partial charge >= 0.3 is 0 Å². The second-order valence-electron chi connectivity index (χ2n) is 6.50. The minimum Gasteiger partial charge on any atom is -0.483 e. The fourth-order valence-corrected chi connectivity index (χ4v) is 2.07. The predicted molar refractivity (Wildman–Crippen MR) is 86.7 cm³/mol. The lowest BCUT2D eigenvalue weighted by atomic mass is 9.86. The van der Waals surface area contributed by atoms with Gasteiger partial charge in [-0.15, -0.1) is 0 Å². The van der Waals surface area contributed by atoms with Crippen LogP contribution in [0.5, 0.6) is 5.75 Å². The molecule has 0 aromatic heterocycles. The molecule has 0 fully saturated rings. The van der Waals surface area contributed by atoms with Gasteiger partial charge in [-0.3, -0.25) is 4.79 Å². The third-order valence-corrected chi connectivity index (χ3v) is 3.42. The third-order valence-electron chi connectivity index (χ3n) is 3.42. The standard InChI is InChI=1S/C17H28N2O2/c1-13-7-8-14(17(2,3)4)15(11-13)21-12-16(20)19(5)10-6-9-18/h7-8,11H,6,9-10,12,18H2,1-5H3. The minimum atomic E-state index is -0.0233. The first kappa shape index (κ1) is 17.5. The lowest BCUT2D eigenvalue weighted by molar-refractivity contribution is -0.132. The van der Waals surface area contributed by atoms with Crippen molar-refractivity contribution in [2.45, 2.75) is 39.5 Å². The van der Waals surface area contributed by atoms with Gasteiger partial charge in [0.15, 0.2) is 6.61 Å². The van der Waals surface area contributed by atoms with E-state index in [1.807, 2.05) is 13.0 Å². The van der Waals surface area contributed by atoms with E-state index in [1.165, 1.54) is 0 Å². The van der Waals surface area contributed by atoms with Gasteiger partial charge in [0.05, 0.1) is 0 Å². The van der Waals surface area contributed by atoms with E-state index in [0.29, 0.717) is 13.1 Å². The highest BCUT2D eigenvalue weighted by molar-refractivity contribution is 5.77. The molecule has 0 aliphatic rings. The van der Waals surface area contributed by atoms with Crippen molar-refractivity contribution < 1.29 is 9.53 Å². The summed E-state index contributed by atoms with van der Waals surface area (Å²) in [5.41, 5.74) is 7.68. The summed E-state index contributed by atoms with van der Waals surface area (Å²) in [5.74, 6) is 0.771. The Morgan fingerprint density at radius 1 is 1.33 bits per heavy atom. The van der Waals surface area contributed by atoms with E-state index >= 15 is 0 Å². The summed E-state index contributed by atoms with van der Waals surface area (Å²) in [6.45, 7) is 9.75. The van der Waals surface area contributed by atoms with Crippen LogP contribution in [0, 0.1) is 6.92 Å². The zero-order valence-corrected chi connectivity index (χ0v) is 13.9. The first-order valence-electron chi connectivity index (χ1n) is 7.43. The molecule has 21 heavy (non-hydrogen) atoms. The molecule has 0 atom stereocenters. The number of amides is 1. The fraction of sp³-hybridized carbons (Fsp3) is 0.588. The summed E-state index contributed by atoms with van der Waals surface area (Å²) >= 11 is 0. The molecule has 2 N–H and O–H groups in total. The molecule has 0 aliphatic heterocycles. The Morgan fingerprint density at radius 2 is 2.00 bits per heavy atom. The molecule has 0 heterocycles. The van der Waals surface area contributed by atoms with Crippen LogP contribution >= 0.6 is 0 Å². The number of carbonyl (C=O) groups excluding carboxylic acids is 1. The minimum absolute atomic E-state index is 0.0163. The van der Waals surface area contributed by atoms with Gasteiger partial charge in [-0.2, -0.15) is 0 Å². The van der Waals surface area contributed by atoms with Crippen LogP contribution in [0.3, 0.4) is 0 Å². The van der Waals surface area contributed by atoms with E-state index in [9.17, 15) is 4.79 Å². The second kappa shape index (κ2) is 7.46. The van der Waals surface area contributed by atoms with Gasteiger partial charge in [0.2, 0.25) is 0 Å². The maximum absolute atomic E-state index is 12.0. The average molecular weight is 292 g/mol. The average Bonchev–Trinajstić information content (AvgIpc) is 2.40. The zero-order chi connectivity index (χ0) is 16.0. The smallest absolute Gasteiger partial charge is 0.260 e. The van der Waals surface area contributed by atoms with E-state index in [-0.39, 0.29) is 17.9 Å². The van der Waals surface area contributed by atoms with Crippen LogP contribution < -0.4 is 10.5 Å². The lowest BCUT2D eigenvalue weighted by Gasteiger charge is -2.24. The van der Waals surface area contributed by atoms with Gasteiger partial charge in [0, 0.05) is 13.6 Å². The molecule has 0 saturated carbocycles. The molecule has 118 valence electrons. The molecule has 0 unspecified atom stereocenters. The van der Waals surface area contributed by atoms with Gasteiger partial charge in [0.25, 0.3) is 5.91 Å². The van der Waals surface area contributed by atoms with Crippen LogP contribution in [-0.4, -0.2) is 37.6 Å². The summed E-state index contributed by atoms with van der Waals surface area (Å²) in [4.78, 5) is 13.7. The highest BCUT2D eigenvalue weighted by Crippen LogP contribution is 2.32. The molecule has 4 nitrogen and oxygen atoms in total. The Hall–Kier alpha value is -1.55. The van der Waals surface area contributed by atoms with Crippen LogP contribution in [-0.2, 0) is 10.2 Å². The molecular weight excluding hydrogens is 264 g/mol. The monoisotopic (exact) mass is 292 g/mol. The second-order valence-corrected chi connectivity index (χ2v) is 6.50. The molecule has 1 rings (SSSR count). The number of nitrogens with zero attached hydrogens (tertiary/aromatic N) is 1. The van der Waals surface area contributed by atoms with Crippen molar-refractivity contribution in [3.8, 4) is 5.75 Å².